The molecule has 1 aliphatic carbocycles. The molecule has 1 aromatic heterocycles. The van der Waals surface area contributed by atoms with E-state index in [1.165, 1.54) is 37.2 Å². The Balaban J connectivity index is 2.16. The number of nitrogens with zero attached hydrogens (tertiary/aromatic N) is 3. The van der Waals surface area contributed by atoms with Crippen molar-refractivity contribution in [2.45, 2.75) is 45.6 Å². The van der Waals surface area contributed by atoms with Gasteiger partial charge in [-0.2, -0.15) is 4.37 Å². The minimum atomic E-state index is 0.561. The zero-order valence-corrected chi connectivity index (χ0v) is 11.5. The first kappa shape index (κ1) is 12.8. The molecule has 5 heteroatoms. The van der Waals surface area contributed by atoms with E-state index in [1.807, 2.05) is 6.92 Å². The Kier molecular flexibility index (Phi) is 4.34. The minimum Gasteiger partial charge on any atom is -0.344 e. The van der Waals surface area contributed by atoms with E-state index < -0.39 is 0 Å². The molecule has 1 heterocycles. The van der Waals surface area contributed by atoms with Gasteiger partial charge in [-0.3, -0.25) is 0 Å². The van der Waals surface area contributed by atoms with Gasteiger partial charge in [-0.05, 0) is 39.2 Å². The van der Waals surface area contributed by atoms with Crippen LogP contribution in [0.25, 0.3) is 0 Å². The molecule has 1 aromatic rings. The van der Waals surface area contributed by atoms with Gasteiger partial charge in [0.25, 0.3) is 0 Å². The van der Waals surface area contributed by atoms with E-state index in [4.69, 9.17) is 5.73 Å². The molecule has 0 aromatic carbocycles. The van der Waals surface area contributed by atoms with Crippen LogP contribution in [0.5, 0.6) is 0 Å². The molecule has 96 valence electrons. The minimum absolute atomic E-state index is 0.561. The fourth-order valence-corrected chi connectivity index (χ4v) is 3.58. The third-order valence-corrected chi connectivity index (χ3v) is 4.52. The molecule has 0 bridgehead atoms. The SMILES string of the molecule is CCN(c1nc(C)ns1)C1CCCCC1CN. The van der Waals surface area contributed by atoms with Gasteiger partial charge < -0.3 is 10.6 Å². The van der Waals surface area contributed by atoms with Gasteiger partial charge in [0.2, 0.25) is 5.13 Å². The fraction of sp³-hybridized carbons (Fsp3) is 0.833. The predicted octanol–water partition coefficient (Wildman–Crippen LogP) is 2.19. The molecule has 1 aliphatic rings. The van der Waals surface area contributed by atoms with Gasteiger partial charge in [-0.25, -0.2) is 4.98 Å². The lowest BCUT2D eigenvalue weighted by atomic mass is 9.83. The Hall–Kier alpha value is -0.680. The number of hydrogen-bond donors (Lipinski definition) is 1. The van der Waals surface area contributed by atoms with Crippen LogP contribution in [0.1, 0.15) is 38.4 Å². The second-order valence-electron chi connectivity index (χ2n) is 4.76. The molecule has 0 amide bonds. The molecule has 2 unspecified atom stereocenters. The van der Waals surface area contributed by atoms with Crippen molar-refractivity contribution < 1.29 is 0 Å². The Bertz CT molecular complexity index is 352. The molecular weight excluding hydrogens is 232 g/mol. The summed E-state index contributed by atoms with van der Waals surface area (Å²) in [4.78, 5) is 6.92. The van der Waals surface area contributed by atoms with Crippen LogP contribution in [-0.4, -0.2) is 28.5 Å². The van der Waals surface area contributed by atoms with E-state index >= 15 is 0 Å². The summed E-state index contributed by atoms with van der Waals surface area (Å²) < 4.78 is 4.29. The lowest BCUT2D eigenvalue weighted by Crippen LogP contribution is -2.45. The number of hydrogen-bond acceptors (Lipinski definition) is 5. The molecule has 0 radical (unpaired) electrons. The molecular formula is C12H22N4S. The van der Waals surface area contributed by atoms with E-state index in [-0.39, 0.29) is 0 Å². The number of aryl methyl sites for hydroxylation is 1. The van der Waals surface area contributed by atoms with Crippen molar-refractivity contribution in [1.82, 2.24) is 9.36 Å². The van der Waals surface area contributed by atoms with Gasteiger partial charge in [0, 0.05) is 24.1 Å². The maximum Gasteiger partial charge on any atom is 0.205 e. The van der Waals surface area contributed by atoms with Crippen molar-refractivity contribution in [1.29, 1.82) is 0 Å². The van der Waals surface area contributed by atoms with Crippen LogP contribution >= 0.6 is 11.5 Å². The van der Waals surface area contributed by atoms with Crippen LogP contribution in [0.2, 0.25) is 0 Å². The number of anilines is 1. The highest BCUT2D eigenvalue weighted by Crippen LogP contribution is 2.31. The maximum absolute atomic E-state index is 5.91. The largest absolute Gasteiger partial charge is 0.344 e. The molecule has 2 rings (SSSR count). The molecule has 1 saturated carbocycles. The monoisotopic (exact) mass is 254 g/mol. The molecule has 2 atom stereocenters. The van der Waals surface area contributed by atoms with E-state index in [2.05, 4.69) is 21.2 Å². The van der Waals surface area contributed by atoms with E-state index in [0.29, 0.717) is 12.0 Å². The van der Waals surface area contributed by atoms with Crippen LogP contribution in [-0.2, 0) is 0 Å². The summed E-state index contributed by atoms with van der Waals surface area (Å²) in [6, 6.07) is 0.561. The first-order valence-corrected chi connectivity index (χ1v) is 7.30. The average Bonchev–Trinajstić information content (AvgIpc) is 2.77. The maximum atomic E-state index is 5.91. The Labute approximate surface area is 107 Å². The Morgan fingerprint density at radius 3 is 2.76 bits per heavy atom. The summed E-state index contributed by atoms with van der Waals surface area (Å²) >= 11 is 1.51. The van der Waals surface area contributed by atoms with Gasteiger partial charge in [-0.15, -0.1) is 0 Å². The Morgan fingerprint density at radius 1 is 1.41 bits per heavy atom. The van der Waals surface area contributed by atoms with Crippen LogP contribution < -0.4 is 10.6 Å². The van der Waals surface area contributed by atoms with Crippen molar-refractivity contribution in [2.24, 2.45) is 11.7 Å². The predicted molar refractivity (Wildman–Crippen MR) is 72.5 cm³/mol. The third-order valence-electron chi connectivity index (χ3n) is 3.68. The summed E-state index contributed by atoms with van der Waals surface area (Å²) in [5.41, 5.74) is 5.91. The summed E-state index contributed by atoms with van der Waals surface area (Å²) in [7, 11) is 0. The lowest BCUT2D eigenvalue weighted by Gasteiger charge is -2.38. The van der Waals surface area contributed by atoms with Crippen LogP contribution in [0, 0.1) is 12.8 Å². The van der Waals surface area contributed by atoms with E-state index in [0.717, 1.165) is 24.0 Å². The molecule has 0 saturated heterocycles. The fourth-order valence-electron chi connectivity index (χ4n) is 2.79. The third kappa shape index (κ3) is 2.77. The molecule has 2 N–H and O–H groups in total. The first-order chi connectivity index (χ1) is 8.26. The molecule has 0 spiro atoms. The lowest BCUT2D eigenvalue weighted by molar-refractivity contribution is 0.300. The van der Waals surface area contributed by atoms with Gasteiger partial charge in [0.1, 0.15) is 5.82 Å². The molecule has 0 aliphatic heterocycles. The van der Waals surface area contributed by atoms with Crippen molar-refractivity contribution in [3.8, 4) is 0 Å². The zero-order valence-electron chi connectivity index (χ0n) is 10.7. The summed E-state index contributed by atoms with van der Waals surface area (Å²) in [5, 5.41) is 1.07. The van der Waals surface area contributed by atoms with Crippen molar-refractivity contribution in [3.63, 3.8) is 0 Å². The van der Waals surface area contributed by atoms with E-state index in [1.54, 1.807) is 0 Å². The second-order valence-corrected chi connectivity index (χ2v) is 5.49. The van der Waals surface area contributed by atoms with E-state index in [9.17, 15) is 0 Å². The quantitative estimate of drug-likeness (QED) is 0.895. The number of aromatic nitrogens is 2. The summed E-state index contributed by atoms with van der Waals surface area (Å²) in [5.74, 6) is 1.50. The standard InChI is InChI=1S/C12H22N4S/c1-3-16(12-14-9(2)15-17-12)11-7-5-4-6-10(11)8-13/h10-11H,3-8,13H2,1-2H3. The summed E-state index contributed by atoms with van der Waals surface area (Å²) in [6.45, 7) is 5.93. The highest BCUT2D eigenvalue weighted by molar-refractivity contribution is 7.09. The topological polar surface area (TPSA) is 55.0 Å². The van der Waals surface area contributed by atoms with Gasteiger partial charge in [0.05, 0.1) is 0 Å². The van der Waals surface area contributed by atoms with Crippen molar-refractivity contribution >= 4 is 16.7 Å². The van der Waals surface area contributed by atoms with Crippen molar-refractivity contribution in [2.75, 3.05) is 18.0 Å². The Morgan fingerprint density at radius 2 is 2.18 bits per heavy atom. The number of nitrogens with two attached hydrogens (primary N) is 1. The van der Waals surface area contributed by atoms with Crippen LogP contribution in [0.3, 0.4) is 0 Å². The smallest absolute Gasteiger partial charge is 0.205 e. The van der Waals surface area contributed by atoms with Crippen LogP contribution in [0.4, 0.5) is 5.13 Å². The van der Waals surface area contributed by atoms with Crippen LogP contribution in [0.15, 0.2) is 0 Å². The molecule has 1 fully saturated rings. The van der Waals surface area contributed by atoms with Gasteiger partial charge in [0.15, 0.2) is 0 Å². The first-order valence-electron chi connectivity index (χ1n) is 6.53. The summed E-state index contributed by atoms with van der Waals surface area (Å²) in [6.07, 6.45) is 5.14. The van der Waals surface area contributed by atoms with Gasteiger partial charge in [-0.1, -0.05) is 12.8 Å². The molecule has 17 heavy (non-hydrogen) atoms. The highest BCUT2D eigenvalue weighted by atomic mass is 32.1. The zero-order chi connectivity index (χ0) is 12.3. The second kappa shape index (κ2) is 5.78. The average molecular weight is 254 g/mol. The van der Waals surface area contributed by atoms with Gasteiger partial charge >= 0.3 is 0 Å². The highest BCUT2D eigenvalue weighted by Gasteiger charge is 2.30. The molecule has 4 nitrogen and oxygen atoms in total. The normalized spacial score (nSPS) is 24.9. The number of rotatable bonds is 4. The van der Waals surface area contributed by atoms with Crippen molar-refractivity contribution in [3.05, 3.63) is 5.82 Å².